The molecule has 0 saturated carbocycles. The van der Waals surface area contributed by atoms with Gasteiger partial charge in [-0.3, -0.25) is 23.7 Å². The van der Waals surface area contributed by atoms with E-state index < -0.39 is 0 Å². The normalized spacial score (nSPS) is 10.5. The molecule has 32 heavy (non-hydrogen) atoms. The first-order valence-corrected chi connectivity index (χ1v) is 8.74. The highest BCUT2D eigenvalue weighted by Gasteiger charge is 2.22. The SMILES string of the molecule is C.C.C.C.CC(=O)OCC(C[N+](C)(C)C)OC(C)=O.CC(=O)OC[N+](C)(C)COC(C)=O. The van der Waals surface area contributed by atoms with Crippen LogP contribution in [0.3, 0.4) is 0 Å². The molecule has 0 N–H and O–H groups in total. The van der Waals surface area contributed by atoms with Crippen LogP contribution in [-0.4, -0.2) is 101 Å². The Labute approximate surface area is 196 Å². The van der Waals surface area contributed by atoms with Crippen LogP contribution in [0.15, 0.2) is 0 Å². The van der Waals surface area contributed by atoms with Crippen LogP contribution >= 0.6 is 0 Å². The standard InChI is InChI=1S/C10H20NO4.C8H16NO4.4CH4/c1-8(12)14-7-10(15-9(2)13)6-11(3,4)5;1-7(10)12-5-9(3,4)6-13-8(2)11;;;;/h10H,6-7H2,1-5H3;5-6H2,1-4H3;4*1H4/q2*+1;;;;. The maximum absolute atomic E-state index is 10.8. The molecule has 0 aromatic carbocycles. The molecule has 1 unspecified atom stereocenters. The summed E-state index contributed by atoms with van der Waals surface area (Å²) < 4.78 is 20.4. The van der Waals surface area contributed by atoms with E-state index in [9.17, 15) is 19.2 Å². The number of nitrogens with zero attached hydrogens (tertiary/aromatic N) is 2. The number of ether oxygens (including phenoxy) is 4. The van der Waals surface area contributed by atoms with Crippen molar-refractivity contribution in [2.75, 3.05) is 61.9 Å². The number of hydrogen-bond acceptors (Lipinski definition) is 8. The largest absolute Gasteiger partial charge is 0.462 e. The highest BCUT2D eigenvalue weighted by Crippen LogP contribution is 2.02. The van der Waals surface area contributed by atoms with Crippen LogP contribution in [0.4, 0.5) is 0 Å². The van der Waals surface area contributed by atoms with Crippen LogP contribution in [0.25, 0.3) is 0 Å². The Morgan fingerprint density at radius 1 is 0.625 bits per heavy atom. The van der Waals surface area contributed by atoms with Crippen LogP contribution in [-0.2, 0) is 38.1 Å². The van der Waals surface area contributed by atoms with Crippen molar-refractivity contribution in [1.82, 2.24) is 0 Å². The molecule has 0 aliphatic carbocycles. The zero-order valence-corrected chi connectivity index (χ0v) is 18.6. The lowest BCUT2D eigenvalue weighted by molar-refractivity contribution is -0.923. The lowest BCUT2D eigenvalue weighted by atomic mass is 10.3. The monoisotopic (exact) mass is 472 g/mol. The first-order chi connectivity index (χ1) is 12.5. The summed E-state index contributed by atoms with van der Waals surface area (Å²) in [6.07, 6.45) is -0.383. The van der Waals surface area contributed by atoms with E-state index in [0.29, 0.717) is 15.5 Å². The van der Waals surface area contributed by atoms with Crippen molar-refractivity contribution in [2.45, 2.75) is 63.5 Å². The van der Waals surface area contributed by atoms with Gasteiger partial charge in [-0.2, -0.15) is 0 Å². The van der Waals surface area contributed by atoms with E-state index in [4.69, 9.17) is 18.9 Å². The summed E-state index contributed by atoms with van der Waals surface area (Å²) >= 11 is 0. The zero-order chi connectivity index (χ0) is 22.5. The second-order valence-electron chi connectivity index (χ2n) is 7.97. The minimum Gasteiger partial charge on any atom is -0.462 e. The van der Waals surface area contributed by atoms with E-state index >= 15 is 0 Å². The van der Waals surface area contributed by atoms with Gasteiger partial charge in [0.1, 0.15) is 13.2 Å². The van der Waals surface area contributed by atoms with Gasteiger partial charge in [0.25, 0.3) is 0 Å². The number of hydrogen-bond donors (Lipinski definition) is 0. The fourth-order valence-electron chi connectivity index (χ4n) is 1.75. The summed E-state index contributed by atoms with van der Waals surface area (Å²) in [4.78, 5) is 42.4. The third-order valence-electron chi connectivity index (χ3n) is 2.79. The quantitative estimate of drug-likeness (QED) is 0.218. The highest BCUT2D eigenvalue weighted by atomic mass is 16.6. The Bertz CT molecular complexity index is 509. The molecular formula is C22H52N2O8+2. The molecule has 0 aromatic heterocycles. The van der Waals surface area contributed by atoms with Gasteiger partial charge < -0.3 is 23.4 Å². The van der Waals surface area contributed by atoms with Crippen molar-refractivity contribution in [3.63, 3.8) is 0 Å². The van der Waals surface area contributed by atoms with Gasteiger partial charge in [-0.25, -0.2) is 0 Å². The Hall–Kier alpha value is -2.20. The number of quaternary nitrogens is 2. The summed E-state index contributed by atoms with van der Waals surface area (Å²) in [6.45, 7) is 6.47. The Kier molecular flexibility index (Phi) is 28.2. The van der Waals surface area contributed by atoms with Crippen LogP contribution in [0.5, 0.6) is 0 Å². The predicted molar refractivity (Wildman–Crippen MR) is 127 cm³/mol. The molecule has 196 valence electrons. The van der Waals surface area contributed by atoms with Gasteiger partial charge in [0.15, 0.2) is 6.10 Å². The lowest BCUT2D eigenvalue weighted by Gasteiger charge is -2.28. The van der Waals surface area contributed by atoms with Crippen molar-refractivity contribution in [3.05, 3.63) is 0 Å². The van der Waals surface area contributed by atoms with Gasteiger partial charge in [0.05, 0.1) is 35.2 Å². The zero-order valence-electron chi connectivity index (χ0n) is 18.6. The topological polar surface area (TPSA) is 105 Å². The smallest absolute Gasteiger partial charge is 0.306 e. The molecule has 0 bridgehead atoms. The summed E-state index contributed by atoms with van der Waals surface area (Å²) in [6, 6.07) is 0. The van der Waals surface area contributed by atoms with Crippen LogP contribution in [0.2, 0.25) is 0 Å². The molecule has 0 aliphatic rings. The van der Waals surface area contributed by atoms with Gasteiger partial charge in [0, 0.05) is 27.7 Å². The fourth-order valence-corrected chi connectivity index (χ4v) is 1.75. The summed E-state index contributed by atoms with van der Waals surface area (Å²) in [5.41, 5.74) is 0. The van der Waals surface area contributed by atoms with Gasteiger partial charge >= 0.3 is 23.9 Å². The van der Waals surface area contributed by atoms with E-state index in [-0.39, 0.29) is 79.8 Å². The van der Waals surface area contributed by atoms with E-state index in [2.05, 4.69) is 0 Å². The first-order valence-electron chi connectivity index (χ1n) is 8.74. The van der Waals surface area contributed by atoms with E-state index in [1.807, 2.05) is 21.1 Å². The second kappa shape index (κ2) is 20.7. The molecule has 1 atom stereocenters. The van der Waals surface area contributed by atoms with Crippen molar-refractivity contribution in [3.8, 4) is 0 Å². The minimum absolute atomic E-state index is 0. The molecule has 0 aromatic rings. The molecule has 0 spiro atoms. The van der Waals surface area contributed by atoms with Crippen LogP contribution < -0.4 is 0 Å². The molecule has 0 heterocycles. The van der Waals surface area contributed by atoms with E-state index in [0.717, 1.165) is 0 Å². The van der Waals surface area contributed by atoms with Gasteiger partial charge in [-0.1, -0.05) is 29.7 Å². The molecule has 0 radical (unpaired) electrons. The summed E-state index contributed by atoms with van der Waals surface area (Å²) in [7, 11) is 9.52. The fraction of sp³-hybridized carbons (Fsp3) is 0.818. The number of carbonyl (C=O) groups excluding carboxylic acids is 4. The Morgan fingerprint density at radius 3 is 1.22 bits per heavy atom. The lowest BCUT2D eigenvalue weighted by Crippen LogP contribution is -2.44. The second-order valence-corrected chi connectivity index (χ2v) is 7.97. The third-order valence-corrected chi connectivity index (χ3v) is 2.79. The summed E-state index contributed by atoms with van der Waals surface area (Å²) in [5, 5.41) is 0. The van der Waals surface area contributed by atoms with Crippen LogP contribution in [0, 0.1) is 0 Å². The number of rotatable bonds is 9. The van der Waals surface area contributed by atoms with Crippen LogP contribution in [0.1, 0.15) is 57.4 Å². The average Bonchev–Trinajstić information content (AvgIpc) is 2.47. The molecule has 10 nitrogen and oxygen atoms in total. The number of likely N-dealkylation sites (N-methyl/N-ethyl adjacent to an activating group) is 1. The minimum atomic E-state index is -0.383. The number of carbonyl (C=O) groups is 4. The molecule has 0 saturated heterocycles. The Morgan fingerprint density at radius 2 is 0.969 bits per heavy atom. The van der Waals surface area contributed by atoms with E-state index in [1.165, 1.54) is 27.7 Å². The van der Waals surface area contributed by atoms with Crippen molar-refractivity contribution >= 4 is 23.9 Å². The molecular weight excluding hydrogens is 420 g/mol. The van der Waals surface area contributed by atoms with Gasteiger partial charge in [-0.05, 0) is 0 Å². The van der Waals surface area contributed by atoms with Gasteiger partial charge in [0.2, 0.25) is 13.5 Å². The third kappa shape index (κ3) is 35.3. The van der Waals surface area contributed by atoms with Crippen molar-refractivity contribution < 1.29 is 47.1 Å². The highest BCUT2D eigenvalue weighted by molar-refractivity contribution is 5.67. The van der Waals surface area contributed by atoms with Crippen molar-refractivity contribution in [1.29, 1.82) is 0 Å². The molecule has 10 heteroatoms. The van der Waals surface area contributed by atoms with E-state index in [1.54, 1.807) is 14.1 Å². The molecule has 0 fully saturated rings. The average molecular weight is 473 g/mol. The van der Waals surface area contributed by atoms with Gasteiger partial charge in [-0.15, -0.1) is 0 Å². The van der Waals surface area contributed by atoms with Crippen molar-refractivity contribution in [2.24, 2.45) is 0 Å². The Balaban J connectivity index is -0.0000000946. The first kappa shape index (κ1) is 43.6. The molecule has 0 rings (SSSR count). The summed E-state index contributed by atoms with van der Waals surface area (Å²) in [5.74, 6) is -1.41. The predicted octanol–water partition coefficient (Wildman–Crippen LogP) is 2.84. The molecule has 0 amide bonds. The molecule has 0 aliphatic heterocycles. The maximum Gasteiger partial charge on any atom is 0.306 e. The maximum atomic E-state index is 10.8. The number of esters is 4.